The van der Waals surface area contributed by atoms with Gasteiger partial charge in [0.1, 0.15) is 0 Å². The van der Waals surface area contributed by atoms with E-state index in [-0.39, 0.29) is 6.54 Å². The van der Waals surface area contributed by atoms with E-state index in [1.54, 1.807) is 6.07 Å². The molecule has 0 heterocycles. The molecule has 14 heavy (non-hydrogen) atoms. The third-order valence-electron chi connectivity index (χ3n) is 1.13. The summed E-state index contributed by atoms with van der Waals surface area (Å²) in [5, 5.41) is 7.75. The molecule has 4 nitrogen and oxygen atoms in total. The molecule has 0 saturated carbocycles. The van der Waals surface area contributed by atoms with Crippen molar-refractivity contribution in [3.8, 4) is 6.07 Å². The number of rotatable bonds is 4. The van der Waals surface area contributed by atoms with Crippen LogP contribution in [0.25, 0.3) is 0 Å². The number of alkyl halides is 3. The Morgan fingerprint density at radius 1 is 1.71 bits per heavy atom. The minimum Gasteiger partial charge on any atom is -0.760 e. The number of nitrogens with zero attached hydrogens (tertiary/aromatic N) is 2. The number of hydrogen-bond donors (Lipinski definition) is 0. The van der Waals surface area contributed by atoms with Gasteiger partial charge in [0, 0.05) is 11.3 Å². The summed E-state index contributed by atoms with van der Waals surface area (Å²) in [5.74, 6) is 0. The number of thioether (sulfide) groups is 1. The number of hydrogen-bond acceptors (Lipinski definition) is 4. The van der Waals surface area contributed by atoms with Gasteiger partial charge in [-0.05, 0) is 6.92 Å². The quantitative estimate of drug-likeness (QED) is 0.344. The van der Waals surface area contributed by atoms with Crippen LogP contribution in [0.1, 0.15) is 6.92 Å². The first kappa shape index (κ1) is 14.8. The van der Waals surface area contributed by atoms with Crippen LogP contribution >= 0.6 is 46.6 Å². The molecule has 0 aliphatic heterocycles. The highest BCUT2D eigenvalue weighted by Gasteiger charge is 2.27. The lowest BCUT2D eigenvalue weighted by Gasteiger charge is -2.29. The standard InChI is InChI=1S/C5H7Cl3N2O2S2/c1-4(13-5(6,7)8)10(3-2-9)14(11)12/h4H,3H2,1H3,(H,11,12)/p-1. The lowest BCUT2D eigenvalue weighted by molar-refractivity contribution is 0.411. The molecule has 0 spiro atoms. The highest BCUT2D eigenvalue weighted by atomic mass is 35.6. The average molecular weight is 297 g/mol. The van der Waals surface area contributed by atoms with Crippen LogP contribution in [0.4, 0.5) is 0 Å². The molecule has 0 aromatic carbocycles. The van der Waals surface area contributed by atoms with E-state index in [1.165, 1.54) is 6.92 Å². The Balaban J connectivity index is 4.38. The van der Waals surface area contributed by atoms with Gasteiger partial charge < -0.3 is 4.55 Å². The van der Waals surface area contributed by atoms with Crippen LogP contribution < -0.4 is 0 Å². The maximum atomic E-state index is 10.6. The SMILES string of the molecule is CC(SC(Cl)(Cl)Cl)N(CC#N)S(=O)[O-]. The lowest BCUT2D eigenvalue weighted by Crippen LogP contribution is -2.34. The smallest absolute Gasteiger partial charge is 0.238 e. The van der Waals surface area contributed by atoms with Crippen LogP contribution in [0.2, 0.25) is 0 Å². The summed E-state index contributed by atoms with van der Waals surface area (Å²) in [5.41, 5.74) is 0. The van der Waals surface area contributed by atoms with Gasteiger partial charge >= 0.3 is 0 Å². The Kier molecular flexibility index (Phi) is 6.74. The molecule has 0 radical (unpaired) electrons. The molecule has 2 atom stereocenters. The van der Waals surface area contributed by atoms with Crippen LogP contribution in [-0.4, -0.2) is 28.1 Å². The number of halogens is 3. The molecule has 2 unspecified atom stereocenters. The summed E-state index contributed by atoms with van der Waals surface area (Å²) < 4.78 is 20.6. The average Bonchev–Trinajstić information content (AvgIpc) is 1.95. The second-order valence-corrected chi connectivity index (χ2v) is 7.50. The first-order valence-electron chi connectivity index (χ1n) is 3.25. The summed E-state index contributed by atoms with van der Waals surface area (Å²) in [4.78, 5) is 0. The Morgan fingerprint density at radius 3 is 2.50 bits per heavy atom. The van der Waals surface area contributed by atoms with E-state index in [4.69, 9.17) is 40.1 Å². The zero-order valence-electron chi connectivity index (χ0n) is 6.95. The zero-order valence-corrected chi connectivity index (χ0v) is 10.8. The molecule has 82 valence electrons. The Morgan fingerprint density at radius 2 is 2.21 bits per heavy atom. The van der Waals surface area contributed by atoms with E-state index in [2.05, 4.69) is 0 Å². The molecule has 0 N–H and O–H groups in total. The summed E-state index contributed by atoms with van der Waals surface area (Å²) in [6, 6.07) is 1.71. The predicted octanol–water partition coefficient (Wildman–Crippen LogP) is 2.01. The molecule has 0 aromatic heterocycles. The van der Waals surface area contributed by atoms with E-state index in [1.807, 2.05) is 0 Å². The van der Waals surface area contributed by atoms with Gasteiger partial charge in [0.25, 0.3) is 0 Å². The van der Waals surface area contributed by atoms with Gasteiger partial charge in [-0.25, -0.2) is 4.31 Å². The molecular formula is C5H6Cl3N2O2S2-. The molecule has 0 aliphatic carbocycles. The summed E-state index contributed by atoms with van der Waals surface area (Å²) in [6.07, 6.45) is 0. The number of nitriles is 1. The van der Waals surface area contributed by atoms with E-state index >= 15 is 0 Å². The molecule has 0 saturated heterocycles. The summed E-state index contributed by atoms with van der Waals surface area (Å²) >= 11 is 14.7. The van der Waals surface area contributed by atoms with Crippen LogP contribution in [0.15, 0.2) is 0 Å². The largest absolute Gasteiger partial charge is 0.760 e. The zero-order chi connectivity index (χ0) is 11.4. The Labute approximate surface area is 104 Å². The van der Waals surface area contributed by atoms with Gasteiger partial charge in [-0.1, -0.05) is 46.6 Å². The molecule has 0 fully saturated rings. The lowest BCUT2D eigenvalue weighted by atomic mass is 10.6. The van der Waals surface area contributed by atoms with Gasteiger partial charge in [0.2, 0.25) is 3.12 Å². The third kappa shape index (κ3) is 6.30. The Bertz CT molecular complexity index is 252. The normalized spacial score (nSPS) is 16.4. The van der Waals surface area contributed by atoms with Crippen LogP contribution in [-0.2, 0) is 11.3 Å². The highest BCUT2D eigenvalue weighted by Crippen LogP contribution is 2.42. The fourth-order valence-corrected chi connectivity index (χ4v) is 3.11. The maximum Gasteiger partial charge on any atom is 0.238 e. The van der Waals surface area contributed by atoms with Crippen molar-refractivity contribution in [1.29, 1.82) is 5.26 Å². The molecule has 0 aliphatic rings. The minimum atomic E-state index is -2.50. The van der Waals surface area contributed by atoms with E-state index in [0.717, 1.165) is 16.1 Å². The van der Waals surface area contributed by atoms with E-state index in [9.17, 15) is 8.76 Å². The Hall–Kier alpha value is 0.780. The van der Waals surface area contributed by atoms with Crippen molar-refractivity contribution in [2.24, 2.45) is 0 Å². The van der Waals surface area contributed by atoms with E-state index < -0.39 is 19.8 Å². The van der Waals surface area contributed by atoms with Crippen molar-refractivity contribution in [2.45, 2.75) is 15.4 Å². The van der Waals surface area contributed by atoms with Gasteiger partial charge in [0.15, 0.2) is 0 Å². The van der Waals surface area contributed by atoms with Crippen molar-refractivity contribution in [1.82, 2.24) is 4.31 Å². The molecule has 0 aromatic rings. The van der Waals surface area contributed by atoms with Crippen LogP contribution in [0.5, 0.6) is 0 Å². The van der Waals surface area contributed by atoms with Crippen molar-refractivity contribution in [2.75, 3.05) is 6.54 Å². The van der Waals surface area contributed by atoms with Crippen molar-refractivity contribution in [3.05, 3.63) is 0 Å². The molecule has 0 rings (SSSR count). The fraction of sp³-hybridized carbons (Fsp3) is 0.800. The highest BCUT2D eigenvalue weighted by molar-refractivity contribution is 8.05. The van der Waals surface area contributed by atoms with Crippen molar-refractivity contribution in [3.63, 3.8) is 0 Å². The van der Waals surface area contributed by atoms with Crippen LogP contribution in [0.3, 0.4) is 0 Å². The van der Waals surface area contributed by atoms with Gasteiger partial charge in [-0.3, -0.25) is 4.21 Å². The fourth-order valence-electron chi connectivity index (χ4n) is 0.624. The monoisotopic (exact) mass is 295 g/mol. The molecular weight excluding hydrogens is 291 g/mol. The first-order valence-corrected chi connectivity index (χ1v) is 6.30. The van der Waals surface area contributed by atoms with Gasteiger partial charge in [0.05, 0.1) is 18.0 Å². The molecule has 0 bridgehead atoms. The maximum absolute atomic E-state index is 10.6. The van der Waals surface area contributed by atoms with E-state index in [0.29, 0.717) is 0 Å². The topological polar surface area (TPSA) is 67.2 Å². The summed E-state index contributed by atoms with van der Waals surface area (Å²) in [6.45, 7) is 1.25. The summed E-state index contributed by atoms with van der Waals surface area (Å²) in [7, 11) is 0. The second-order valence-electron chi connectivity index (χ2n) is 2.11. The molecule has 0 amide bonds. The minimum absolute atomic E-state index is 0.273. The van der Waals surface area contributed by atoms with Crippen LogP contribution in [0, 0.1) is 11.3 Å². The molecule has 9 heteroatoms. The van der Waals surface area contributed by atoms with Crippen molar-refractivity contribution >= 4 is 57.8 Å². The predicted molar refractivity (Wildman–Crippen MR) is 58.6 cm³/mol. The van der Waals surface area contributed by atoms with Crippen molar-refractivity contribution < 1.29 is 8.76 Å². The third-order valence-corrected chi connectivity index (χ3v) is 3.75. The van der Waals surface area contributed by atoms with Gasteiger partial charge in [-0.15, -0.1) is 0 Å². The van der Waals surface area contributed by atoms with Gasteiger partial charge in [-0.2, -0.15) is 5.26 Å². The first-order chi connectivity index (χ1) is 6.28. The second kappa shape index (κ2) is 6.38.